The average molecular weight is 904 g/mol. The molecule has 1 heterocycles. The van der Waals surface area contributed by atoms with Crippen LogP contribution in [-0.2, 0) is 5.41 Å². The van der Waals surface area contributed by atoms with Crippen molar-refractivity contribution in [1.29, 1.82) is 0 Å². The Hall–Kier alpha value is -6.74. The highest BCUT2D eigenvalue weighted by Gasteiger charge is 2.90. The number of hydrogen-bond donors (Lipinski definition) is 0. The van der Waals surface area contributed by atoms with Crippen LogP contribution in [0.2, 0.25) is 0 Å². The Morgan fingerprint density at radius 1 is 0.435 bits per heavy atom. The van der Waals surface area contributed by atoms with Gasteiger partial charge in [0.15, 0.2) is 0 Å². The van der Waals surface area contributed by atoms with E-state index in [4.69, 9.17) is 0 Å². The quantitative estimate of drug-likeness (QED) is 0.154. The monoisotopic (exact) mass is 903 g/mol. The topological polar surface area (TPSA) is 3.24 Å². The highest BCUT2D eigenvalue weighted by Crippen LogP contribution is 2.94. The van der Waals surface area contributed by atoms with Crippen LogP contribution in [0.25, 0.3) is 75.5 Å². The van der Waals surface area contributed by atoms with E-state index in [1.54, 1.807) is 11.1 Å². The molecule has 6 aliphatic carbocycles. The van der Waals surface area contributed by atoms with E-state index in [0.717, 1.165) is 29.4 Å². The smallest absolute Gasteiger partial charge is 0.0540 e. The summed E-state index contributed by atoms with van der Waals surface area (Å²) in [5.74, 6) is 4.13. The van der Waals surface area contributed by atoms with Crippen LogP contribution in [0.15, 0.2) is 194 Å². The highest BCUT2D eigenvalue weighted by molar-refractivity contribution is 7.25. The fourth-order valence-electron chi connectivity index (χ4n) is 16.5. The summed E-state index contributed by atoms with van der Waals surface area (Å²) in [4.78, 5) is 2.59. The average Bonchev–Trinajstić information content (AvgIpc) is 3.93. The van der Waals surface area contributed by atoms with Gasteiger partial charge in [0, 0.05) is 42.4 Å². The molecule has 0 radical (unpaired) electrons. The summed E-state index contributed by atoms with van der Waals surface area (Å²) in [6, 6.07) is 75.0. The van der Waals surface area contributed by atoms with Crippen molar-refractivity contribution in [3.05, 3.63) is 211 Å². The summed E-state index contributed by atoms with van der Waals surface area (Å²) in [6.45, 7) is 0. The number of nitrogens with zero attached hydrogens (tertiary/aromatic N) is 1. The third kappa shape index (κ3) is 5.06. The molecule has 6 aliphatic rings. The van der Waals surface area contributed by atoms with E-state index in [1.807, 2.05) is 11.3 Å². The lowest BCUT2D eigenvalue weighted by Crippen LogP contribution is -2.88. The van der Waals surface area contributed by atoms with Crippen molar-refractivity contribution in [1.82, 2.24) is 0 Å². The molecular formula is C67H53NS. The molecule has 0 aliphatic heterocycles. The second kappa shape index (κ2) is 14.4. The first-order chi connectivity index (χ1) is 34.2. The van der Waals surface area contributed by atoms with E-state index in [0.29, 0.717) is 11.3 Å². The molecular weight excluding hydrogens is 851 g/mol. The van der Waals surface area contributed by atoms with Gasteiger partial charge in [-0.3, -0.25) is 0 Å². The fraction of sp³-hybridized carbons (Fsp3) is 0.224. The van der Waals surface area contributed by atoms with E-state index in [9.17, 15) is 0 Å². The van der Waals surface area contributed by atoms with Gasteiger partial charge in [-0.25, -0.2) is 0 Å². The molecule has 1 nitrogen and oxygen atoms in total. The summed E-state index contributed by atoms with van der Waals surface area (Å²) in [6.07, 6.45) is 10.8. The Balaban J connectivity index is 0.892. The number of thiophene rings is 1. The van der Waals surface area contributed by atoms with Gasteiger partial charge >= 0.3 is 0 Å². The molecule has 0 amide bonds. The maximum Gasteiger partial charge on any atom is 0.0540 e. The maximum atomic E-state index is 2.67. The molecule has 332 valence electrons. The van der Waals surface area contributed by atoms with Crippen LogP contribution in [0.3, 0.4) is 0 Å². The number of benzene rings is 9. The van der Waals surface area contributed by atoms with Crippen LogP contribution in [0, 0.1) is 29.1 Å². The molecule has 5 fully saturated rings. The van der Waals surface area contributed by atoms with Gasteiger partial charge in [-0.05, 0) is 170 Å². The molecule has 4 atom stereocenters. The van der Waals surface area contributed by atoms with Gasteiger partial charge in [-0.2, -0.15) is 0 Å². The van der Waals surface area contributed by atoms with Crippen LogP contribution in [-0.4, -0.2) is 0 Å². The minimum Gasteiger partial charge on any atom is -0.309 e. The molecule has 10 aromatic rings. The molecule has 0 bridgehead atoms. The number of anilines is 3. The molecule has 0 saturated heterocycles. The third-order valence-corrected chi connectivity index (χ3v) is 20.3. The molecule has 69 heavy (non-hydrogen) atoms. The fourth-order valence-corrected chi connectivity index (χ4v) is 17.6. The van der Waals surface area contributed by atoms with Gasteiger partial charge in [0.2, 0.25) is 0 Å². The lowest BCUT2D eigenvalue weighted by Gasteiger charge is -2.92. The number of fused-ring (bicyclic) bond motifs is 11. The molecule has 1 aromatic heterocycles. The van der Waals surface area contributed by atoms with Crippen LogP contribution >= 0.6 is 11.3 Å². The van der Waals surface area contributed by atoms with Gasteiger partial charge < -0.3 is 4.90 Å². The van der Waals surface area contributed by atoms with Crippen molar-refractivity contribution in [2.45, 2.75) is 62.7 Å². The van der Waals surface area contributed by atoms with Crippen molar-refractivity contribution >= 4 is 59.3 Å². The second-order valence-electron chi connectivity index (χ2n) is 21.7. The summed E-state index contributed by atoms with van der Waals surface area (Å²) >= 11 is 1.89. The van der Waals surface area contributed by atoms with Crippen molar-refractivity contribution < 1.29 is 0 Å². The Morgan fingerprint density at radius 3 is 1.87 bits per heavy atom. The SMILES string of the molecule is c1ccc(N(c2ccc(-c3cccc4sc5ccccc5c34)cc2)c2ccccc2-c2cccc3cccc(C4CCCCC4)c23)c(-c2ccc3c(c2)C2(c4ccccc4-3)C3CC4CC5CC2C453)c1. The minimum atomic E-state index is 0.160. The summed E-state index contributed by atoms with van der Waals surface area (Å²) in [5.41, 5.74) is 19.8. The highest BCUT2D eigenvalue weighted by atomic mass is 32.1. The van der Waals surface area contributed by atoms with E-state index in [-0.39, 0.29) is 5.41 Å². The maximum absolute atomic E-state index is 2.67. The minimum absolute atomic E-state index is 0.160. The zero-order chi connectivity index (χ0) is 45.0. The van der Waals surface area contributed by atoms with Crippen molar-refractivity contribution in [2.75, 3.05) is 4.90 Å². The van der Waals surface area contributed by atoms with E-state index in [1.165, 1.54) is 144 Å². The zero-order valence-corrected chi connectivity index (χ0v) is 39.7. The summed E-state index contributed by atoms with van der Waals surface area (Å²) < 4.78 is 2.68. The Kier molecular flexibility index (Phi) is 8.17. The lowest BCUT2D eigenvalue weighted by molar-refractivity contribution is -0.412. The van der Waals surface area contributed by atoms with Gasteiger partial charge in [0.1, 0.15) is 0 Å². The molecule has 9 aromatic carbocycles. The predicted molar refractivity (Wildman–Crippen MR) is 290 cm³/mol. The normalized spacial score (nSPS) is 24.7. The van der Waals surface area contributed by atoms with Crippen LogP contribution in [0.1, 0.15) is 74.0 Å². The second-order valence-corrected chi connectivity index (χ2v) is 22.7. The molecule has 16 rings (SSSR count). The third-order valence-electron chi connectivity index (χ3n) is 19.2. The van der Waals surface area contributed by atoms with Crippen LogP contribution in [0.5, 0.6) is 0 Å². The van der Waals surface area contributed by atoms with Gasteiger partial charge in [-0.1, -0.05) is 171 Å². The Bertz CT molecular complexity index is 3730. The molecule has 2 heteroatoms. The number of para-hydroxylation sites is 2. The molecule has 0 N–H and O–H groups in total. The Morgan fingerprint density at radius 2 is 1.06 bits per heavy atom. The van der Waals surface area contributed by atoms with Crippen molar-refractivity contribution in [3.8, 4) is 44.5 Å². The number of hydrogen-bond acceptors (Lipinski definition) is 2. The molecule has 4 unspecified atom stereocenters. The summed E-state index contributed by atoms with van der Waals surface area (Å²) in [5, 5.41) is 5.44. The van der Waals surface area contributed by atoms with Crippen LogP contribution in [0.4, 0.5) is 17.1 Å². The first kappa shape index (κ1) is 39.1. The van der Waals surface area contributed by atoms with Crippen molar-refractivity contribution in [3.63, 3.8) is 0 Å². The standard InChI is InChI=1S/C67H53NS/c1-2-15-41(16-3-1)49-23-12-17-43-18-13-25-54(64(43)49)53-21-6-10-28-59(53)68(47-34-31-42(32-35-47)50-24-14-30-61-65(50)55-22-7-11-29-60(55)69-61)58-27-9-5-19-48(58)44-33-36-52-51-20-4-8-26-56(51)67(57(52)37-44)62-39-45-38-46-40-63(67)66(45,46)62/h4-14,17-37,41,45-46,62-63H,1-3,15-16,38-40H2. The van der Waals surface area contributed by atoms with E-state index in [2.05, 4.69) is 199 Å². The zero-order valence-electron chi connectivity index (χ0n) is 38.9. The van der Waals surface area contributed by atoms with E-state index < -0.39 is 0 Å². The van der Waals surface area contributed by atoms with Crippen LogP contribution < -0.4 is 4.90 Å². The molecule has 5 saturated carbocycles. The number of rotatable bonds is 7. The summed E-state index contributed by atoms with van der Waals surface area (Å²) in [7, 11) is 0. The predicted octanol–water partition coefficient (Wildman–Crippen LogP) is 18.7. The molecule has 2 spiro atoms. The Labute approximate surface area is 409 Å². The van der Waals surface area contributed by atoms with E-state index >= 15 is 0 Å². The first-order valence-corrected chi connectivity index (χ1v) is 26.8. The largest absolute Gasteiger partial charge is 0.309 e. The van der Waals surface area contributed by atoms with Gasteiger partial charge in [0.05, 0.1) is 11.4 Å². The van der Waals surface area contributed by atoms with Crippen molar-refractivity contribution in [2.24, 2.45) is 29.1 Å². The first-order valence-electron chi connectivity index (χ1n) is 26.0. The van der Waals surface area contributed by atoms with Gasteiger partial charge in [-0.15, -0.1) is 11.3 Å². The lowest BCUT2D eigenvalue weighted by atomic mass is 9.11. The van der Waals surface area contributed by atoms with Gasteiger partial charge in [0.25, 0.3) is 0 Å².